The number of carboxylic acids is 1. The molecule has 0 saturated carbocycles. The Kier molecular flexibility index (Phi) is 9.84. The number of amides is 1. The zero-order chi connectivity index (χ0) is 26.2. The maximum atomic E-state index is 12.5. The number of carboxylic acid groups (broad SMARTS) is 1. The van der Waals surface area contributed by atoms with Gasteiger partial charge in [-0.1, -0.05) is 70.2 Å². The summed E-state index contributed by atoms with van der Waals surface area (Å²) in [6.07, 6.45) is 7.01. The topological polar surface area (TPSA) is 86.6 Å². The van der Waals surface area contributed by atoms with Crippen LogP contribution in [0.4, 0.5) is 0 Å². The number of hydrogen-bond donors (Lipinski definition) is 3. The van der Waals surface area contributed by atoms with Crippen molar-refractivity contribution in [2.45, 2.75) is 84.7 Å². The Hall–Kier alpha value is -2.92. The summed E-state index contributed by atoms with van der Waals surface area (Å²) in [4.78, 5) is 23.3. The number of carbonyl (C=O) groups excluding carboxylic acids is 1. The fourth-order valence-electron chi connectivity index (χ4n) is 4.72. The summed E-state index contributed by atoms with van der Waals surface area (Å²) in [6.45, 7) is 12.5. The Labute approximate surface area is 210 Å². The van der Waals surface area contributed by atoms with Gasteiger partial charge in [-0.05, 0) is 73.4 Å². The SMILES string of the molecule is CCC(O)(/C=C/c1ccc(C(CC)(CC)c2ccc(C(=O)NCCC(=O)O)c(C)c2)cc1C)CC. The molecule has 3 N–H and O–H groups in total. The van der Waals surface area contributed by atoms with Crippen molar-refractivity contribution in [3.05, 3.63) is 75.9 Å². The Morgan fingerprint density at radius 2 is 1.46 bits per heavy atom. The van der Waals surface area contributed by atoms with Crippen LogP contribution in [0.5, 0.6) is 0 Å². The molecule has 0 aliphatic carbocycles. The van der Waals surface area contributed by atoms with E-state index in [2.05, 4.69) is 50.4 Å². The van der Waals surface area contributed by atoms with E-state index in [-0.39, 0.29) is 24.3 Å². The van der Waals surface area contributed by atoms with Gasteiger partial charge in [-0.15, -0.1) is 0 Å². The summed E-state index contributed by atoms with van der Waals surface area (Å²) in [5.41, 5.74) is 5.12. The molecule has 2 aromatic rings. The zero-order valence-corrected chi connectivity index (χ0v) is 22.1. The van der Waals surface area contributed by atoms with Gasteiger partial charge in [0.15, 0.2) is 0 Å². The fourth-order valence-corrected chi connectivity index (χ4v) is 4.72. The lowest BCUT2D eigenvalue weighted by atomic mass is 9.69. The molecular weight excluding hydrogens is 438 g/mol. The molecule has 0 radical (unpaired) electrons. The van der Waals surface area contributed by atoms with E-state index >= 15 is 0 Å². The molecule has 0 aromatic heterocycles. The molecule has 0 unspecified atom stereocenters. The van der Waals surface area contributed by atoms with Crippen molar-refractivity contribution < 1.29 is 19.8 Å². The average molecular weight is 480 g/mol. The van der Waals surface area contributed by atoms with Gasteiger partial charge < -0.3 is 15.5 Å². The van der Waals surface area contributed by atoms with Crippen LogP contribution < -0.4 is 5.32 Å². The van der Waals surface area contributed by atoms with Crippen molar-refractivity contribution in [2.75, 3.05) is 6.54 Å². The molecule has 0 heterocycles. The minimum absolute atomic E-state index is 0.0988. The maximum absolute atomic E-state index is 12.5. The molecule has 0 atom stereocenters. The van der Waals surface area contributed by atoms with E-state index in [1.165, 1.54) is 5.56 Å². The van der Waals surface area contributed by atoms with Gasteiger partial charge >= 0.3 is 5.97 Å². The van der Waals surface area contributed by atoms with Crippen molar-refractivity contribution in [1.29, 1.82) is 0 Å². The Morgan fingerprint density at radius 3 is 1.94 bits per heavy atom. The molecule has 2 rings (SSSR count). The lowest BCUT2D eigenvalue weighted by molar-refractivity contribution is -0.136. The van der Waals surface area contributed by atoms with E-state index in [1.54, 1.807) is 0 Å². The van der Waals surface area contributed by atoms with E-state index in [9.17, 15) is 14.7 Å². The zero-order valence-electron chi connectivity index (χ0n) is 22.1. The van der Waals surface area contributed by atoms with Crippen molar-refractivity contribution in [3.63, 3.8) is 0 Å². The van der Waals surface area contributed by atoms with Crippen molar-refractivity contribution in [1.82, 2.24) is 5.32 Å². The Bertz CT molecular complexity index is 1060. The first kappa shape index (κ1) is 28.3. The molecular formula is C30H41NO4. The first-order valence-electron chi connectivity index (χ1n) is 12.7. The molecule has 5 nitrogen and oxygen atoms in total. The van der Waals surface area contributed by atoms with Crippen LogP contribution in [0, 0.1) is 13.8 Å². The standard InChI is InChI=1S/C30H41NO4/c1-7-29(35,8-2)17-15-23-11-12-24(19-21(23)5)30(9-3,10-4)25-13-14-26(22(6)20-25)28(34)31-18-16-27(32)33/h11-15,17,19-20,35H,7-10,16,18H2,1-6H3,(H,31,34)(H,32,33)/b17-15+. The molecule has 2 aromatic carbocycles. The summed E-state index contributed by atoms with van der Waals surface area (Å²) in [6, 6.07) is 12.5. The largest absolute Gasteiger partial charge is 0.481 e. The number of aliphatic hydroxyl groups is 1. The summed E-state index contributed by atoms with van der Waals surface area (Å²) in [5.74, 6) is -1.18. The van der Waals surface area contributed by atoms with Gasteiger partial charge in [0.25, 0.3) is 5.91 Å². The number of aryl methyl sites for hydroxylation is 2. The monoisotopic (exact) mass is 479 g/mol. The number of hydrogen-bond acceptors (Lipinski definition) is 3. The Morgan fingerprint density at radius 1 is 0.886 bits per heavy atom. The lowest BCUT2D eigenvalue weighted by Crippen LogP contribution is -2.28. The van der Waals surface area contributed by atoms with Gasteiger partial charge in [0, 0.05) is 17.5 Å². The molecule has 0 fully saturated rings. The molecule has 1 amide bonds. The van der Waals surface area contributed by atoms with Gasteiger partial charge in [0.05, 0.1) is 12.0 Å². The van der Waals surface area contributed by atoms with E-state index in [4.69, 9.17) is 5.11 Å². The number of aliphatic carboxylic acids is 1. The highest BCUT2D eigenvalue weighted by atomic mass is 16.4. The van der Waals surface area contributed by atoms with Crippen LogP contribution in [0.15, 0.2) is 42.5 Å². The predicted molar refractivity (Wildman–Crippen MR) is 143 cm³/mol. The molecule has 0 aliphatic rings. The average Bonchev–Trinajstić information content (AvgIpc) is 2.84. The summed E-state index contributed by atoms with van der Waals surface area (Å²) in [5, 5.41) is 22.1. The van der Waals surface area contributed by atoms with Crippen LogP contribution >= 0.6 is 0 Å². The minimum atomic E-state index is -0.934. The molecule has 0 saturated heterocycles. The summed E-state index contributed by atoms with van der Waals surface area (Å²) < 4.78 is 0. The molecule has 35 heavy (non-hydrogen) atoms. The molecule has 0 spiro atoms. The van der Waals surface area contributed by atoms with Crippen LogP contribution in [-0.4, -0.2) is 34.2 Å². The van der Waals surface area contributed by atoms with E-state index in [0.29, 0.717) is 18.4 Å². The van der Waals surface area contributed by atoms with Gasteiger partial charge in [0.1, 0.15) is 0 Å². The van der Waals surface area contributed by atoms with Gasteiger partial charge in [-0.2, -0.15) is 0 Å². The number of nitrogens with one attached hydrogen (secondary N) is 1. The third-order valence-corrected chi connectivity index (χ3v) is 7.48. The van der Waals surface area contributed by atoms with E-state index < -0.39 is 11.6 Å². The third-order valence-electron chi connectivity index (χ3n) is 7.48. The molecule has 0 aliphatic heterocycles. The van der Waals surface area contributed by atoms with Crippen LogP contribution in [0.3, 0.4) is 0 Å². The van der Waals surface area contributed by atoms with E-state index in [0.717, 1.165) is 35.1 Å². The second-order valence-corrected chi connectivity index (χ2v) is 9.43. The van der Waals surface area contributed by atoms with Crippen molar-refractivity contribution >= 4 is 18.0 Å². The number of rotatable bonds is 12. The normalized spacial score (nSPS) is 12.2. The first-order valence-corrected chi connectivity index (χ1v) is 12.7. The maximum Gasteiger partial charge on any atom is 0.305 e. The quantitative estimate of drug-likeness (QED) is 0.339. The first-order chi connectivity index (χ1) is 16.6. The van der Waals surface area contributed by atoms with Crippen molar-refractivity contribution in [2.24, 2.45) is 0 Å². The van der Waals surface area contributed by atoms with Crippen molar-refractivity contribution in [3.8, 4) is 0 Å². The van der Waals surface area contributed by atoms with Gasteiger partial charge in [-0.25, -0.2) is 0 Å². The number of carbonyl (C=O) groups is 2. The van der Waals surface area contributed by atoms with Crippen LogP contribution in [0.2, 0.25) is 0 Å². The highest BCUT2D eigenvalue weighted by Crippen LogP contribution is 2.40. The molecule has 5 heteroatoms. The van der Waals surface area contributed by atoms with Crippen LogP contribution in [0.25, 0.3) is 6.08 Å². The smallest absolute Gasteiger partial charge is 0.305 e. The molecule has 190 valence electrons. The second-order valence-electron chi connectivity index (χ2n) is 9.43. The Balaban J connectivity index is 2.39. The van der Waals surface area contributed by atoms with Crippen LogP contribution in [0.1, 0.15) is 98.0 Å². The molecule has 0 bridgehead atoms. The summed E-state index contributed by atoms with van der Waals surface area (Å²) >= 11 is 0. The van der Waals surface area contributed by atoms with Gasteiger partial charge in [-0.3, -0.25) is 9.59 Å². The fraction of sp³-hybridized carbons (Fsp3) is 0.467. The lowest BCUT2D eigenvalue weighted by Gasteiger charge is -2.34. The third kappa shape index (κ3) is 6.61. The second kappa shape index (κ2) is 12.2. The highest BCUT2D eigenvalue weighted by molar-refractivity contribution is 5.95. The van der Waals surface area contributed by atoms with Crippen LogP contribution in [-0.2, 0) is 10.2 Å². The summed E-state index contributed by atoms with van der Waals surface area (Å²) in [7, 11) is 0. The predicted octanol–water partition coefficient (Wildman–Crippen LogP) is 6.18. The van der Waals surface area contributed by atoms with E-state index in [1.807, 2.05) is 45.1 Å². The minimum Gasteiger partial charge on any atom is -0.481 e. The number of benzene rings is 2. The highest BCUT2D eigenvalue weighted by Gasteiger charge is 2.31. The van der Waals surface area contributed by atoms with Gasteiger partial charge in [0.2, 0.25) is 0 Å².